The van der Waals surface area contributed by atoms with Crippen LogP contribution in [0.25, 0.3) is 0 Å². The molecule has 1 unspecified atom stereocenters. The Labute approximate surface area is 118 Å². The van der Waals surface area contributed by atoms with E-state index in [1.165, 1.54) is 0 Å². The van der Waals surface area contributed by atoms with Gasteiger partial charge in [0.2, 0.25) is 0 Å². The molecule has 0 heterocycles. The Hall–Kier alpha value is -1.83. The molecule has 0 aliphatic heterocycles. The van der Waals surface area contributed by atoms with Crippen LogP contribution in [-0.4, -0.2) is 77.8 Å². The number of rotatable bonds is 8. The van der Waals surface area contributed by atoms with Crippen molar-refractivity contribution in [2.24, 2.45) is 5.92 Å². The molecule has 0 aliphatic rings. The smallest absolute Gasteiger partial charge is 0.323 e. The number of amides is 2. The van der Waals surface area contributed by atoms with E-state index in [0.29, 0.717) is 6.54 Å². The molecule has 3 N–H and O–H groups in total. The number of hydrogen-bond donors (Lipinski definition) is 3. The van der Waals surface area contributed by atoms with Gasteiger partial charge in [0, 0.05) is 12.6 Å². The quantitative estimate of drug-likeness (QED) is 0.568. The first-order valence-corrected chi connectivity index (χ1v) is 6.27. The second-order valence-corrected chi connectivity index (χ2v) is 5.21. The number of carboxylic acid groups (broad SMARTS) is 2. The van der Waals surface area contributed by atoms with E-state index in [4.69, 9.17) is 10.2 Å². The molecule has 116 valence electrons. The second-order valence-electron chi connectivity index (χ2n) is 5.21. The maximum atomic E-state index is 12.0. The van der Waals surface area contributed by atoms with Gasteiger partial charge in [0.15, 0.2) is 0 Å². The zero-order chi connectivity index (χ0) is 15.9. The van der Waals surface area contributed by atoms with Crippen molar-refractivity contribution in [3.05, 3.63) is 0 Å². The van der Waals surface area contributed by atoms with Crippen LogP contribution in [0.2, 0.25) is 0 Å². The third-order valence-electron chi connectivity index (χ3n) is 2.61. The molecule has 8 nitrogen and oxygen atoms in total. The average molecular weight is 289 g/mol. The molecule has 0 rings (SSSR count). The third-order valence-corrected chi connectivity index (χ3v) is 2.61. The molecule has 2 amide bonds. The number of urea groups is 1. The highest BCUT2D eigenvalue weighted by molar-refractivity contribution is 5.84. The normalized spacial score (nSPS) is 12.3. The Morgan fingerprint density at radius 2 is 1.50 bits per heavy atom. The molecule has 0 saturated carbocycles. The molecule has 0 spiro atoms. The van der Waals surface area contributed by atoms with Gasteiger partial charge >= 0.3 is 18.0 Å². The first-order valence-electron chi connectivity index (χ1n) is 6.27. The predicted molar refractivity (Wildman–Crippen MR) is 72.6 cm³/mol. The molecule has 1 atom stereocenters. The van der Waals surface area contributed by atoms with Crippen LogP contribution in [0.15, 0.2) is 0 Å². The maximum Gasteiger partial charge on any atom is 0.323 e. The second kappa shape index (κ2) is 8.36. The molecule has 0 aliphatic carbocycles. The van der Waals surface area contributed by atoms with Crippen molar-refractivity contribution in [3.8, 4) is 0 Å². The monoisotopic (exact) mass is 289 g/mol. The van der Waals surface area contributed by atoms with Crippen LogP contribution in [0.1, 0.15) is 13.8 Å². The third kappa shape index (κ3) is 7.57. The van der Waals surface area contributed by atoms with Gasteiger partial charge in [0.05, 0.1) is 0 Å². The van der Waals surface area contributed by atoms with E-state index in [0.717, 1.165) is 4.90 Å². The number of hydrogen-bond acceptors (Lipinski definition) is 4. The standard InChI is InChI=1S/C12H23N3O5/c1-8(2)9(5-14(3)4)13-12(20)15(6-10(16)17)7-11(18)19/h8-9H,5-7H2,1-4H3,(H,13,20)(H,16,17)(H,18,19). The summed E-state index contributed by atoms with van der Waals surface area (Å²) in [5.41, 5.74) is 0. The van der Waals surface area contributed by atoms with E-state index >= 15 is 0 Å². The Balaban J connectivity index is 4.77. The van der Waals surface area contributed by atoms with Crippen LogP contribution in [0.4, 0.5) is 4.79 Å². The van der Waals surface area contributed by atoms with Crippen LogP contribution >= 0.6 is 0 Å². The van der Waals surface area contributed by atoms with Crippen LogP contribution < -0.4 is 5.32 Å². The topological polar surface area (TPSA) is 110 Å². The van der Waals surface area contributed by atoms with E-state index in [9.17, 15) is 14.4 Å². The van der Waals surface area contributed by atoms with Gasteiger partial charge in [-0.3, -0.25) is 9.59 Å². The summed E-state index contributed by atoms with van der Waals surface area (Å²) in [6.07, 6.45) is 0. The number of likely N-dealkylation sites (N-methyl/N-ethyl adjacent to an activating group) is 1. The molecule has 8 heteroatoms. The molecular formula is C12H23N3O5. The van der Waals surface area contributed by atoms with Crippen molar-refractivity contribution >= 4 is 18.0 Å². The van der Waals surface area contributed by atoms with Crippen molar-refractivity contribution in [1.29, 1.82) is 0 Å². The minimum absolute atomic E-state index is 0.137. The fourth-order valence-electron chi connectivity index (χ4n) is 1.59. The molecule has 0 aromatic heterocycles. The first-order chi connectivity index (χ1) is 9.13. The number of carboxylic acids is 2. The summed E-state index contributed by atoms with van der Waals surface area (Å²) >= 11 is 0. The lowest BCUT2D eigenvalue weighted by atomic mass is 10.0. The number of aliphatic carboxylic acids is 2. The van der Waals surface area contributed by atoms with Gasteiger partial charge in [-0.25, -0.2) is 4.79 Å². The van der Waals surface area contributed by atoms with Crippen LogP contribution in [0, 0.1) is 5.92 Å². The summed E-state index contributed by atoms with van der Waals surface area (Å²) in [7, 11) is 3.71. The lowest BCUT2D eigenvalue weighted by molar-refractivity contribution is -0.140. The summed E-state index contributed by atoms with van der Waals surface area (Å²) in [6, 6.07) is -0.877. The molecule has 0 aromatic rings. The number of nitrogens with zero attached hydrogens (tertiary/aromatic N) is 2. The molecule has 0 aromatic carbocycles. The summed E-state index contributed by atoms with van der Waals surface area (Å²) in [5.74, 6) is -2.37. The minimum atomic E-state index is -1.25. The Kier molecular flexibility index (Phi) is 7.60. The lowest BCUT2D eigenvalue weighted by Crippen LogP contribution is -2.52. The van der Waals surface area contributed by atoms with Crippen molar-refractivity contribution in [2.75, 3.05) is 33.7 Å². The van der Waals surface area contributed by atoms with Gasteiger partial charge in [-0.05, 0) is 20.0 Å². The number of carbonyl (C=O) groups is 3. The van der Waals surface area contributed by atoms with Gasteiger partial charge in [-0.2, -0.15) is 0 Å². The SMILES string of the molecule is CC(C)C(CN(C)C)NC(=O)N(CC(=O)O)CC(=O)O. The summed E-state index contributed by atoms with van der Waals surface area (Å²) in [5, 5.41) is 20.1. The summed E-state index contributed by atoms with van der Waals surface area (Å²) < 4.78 is 0. The van der Waals surface area contributed by atoms with Crippen LogP contribution in [0.5, 0.6) is 0 Å². The van der Waals surface area contributed by atoms with Crippen molar-refractivity contribution in [3.63, 3.8) is 0 Å². The Bertz CT molecular complexity index is 341. The first kappa shape index (κ1) is 18.2. The molecule has 0 fully saturated rings. The highest BCUT2D eigenvalue weighted by Gasteiger charge is 2.23. The van der Waals surface area contributed by atoms with Gasteiger partial charge in [-0.1, -0.05) is 13.8 Å². The molecule has 0 radical (unpaired) electrons. The highest BCUT2D eigenvalue weighted by Crippen LogP contribution is 2.04. The van der Waals surface area contributed by atoms with Crippen molar-refractivity contribution in [1.82, 2.24) is 15.1 Å². The van der Waals surface area contributed by atoms with Gasteiger partial charge < -0.3 is 25.3 Å². The largest absolute Gasteiger partial charge is 0.480 e. The highest BCUT2D eigenvalue weighted by atomic mass is 16.4. The molecular weight excluding hydrogens is 266 g/mol. The maximum absolute atomic E-state index is 12.0. The minimum Gasteiger partial charge on any atom is -0.480 e. The zero-order valence-corrected chi connectivity index (χ0v) is 12.3. The Morgan fingerprint density at radius 3 is 1.80 bits per heavy atom. The lowest BCUT2D eigenvalue weighted by Gasteiger charge is -2.28. The molecule has 0 saturated heterocycles. The van der Waals surface area contributed by atoms with E-state index in [1.807, 2.05) is 32.8 Å². The number of carbonyl (C=O) groups excluding carboxylic acids is 1. The molecule has 0 bridgehead atoms. The van der Waals surface area contributed by atoms with Crippen molar-refractivity contribution < 1.29 is 24.6 Å². The number of nitrogens with one attached hydrogen (secondary N) is 1. The van der Waals surface area contributed by atoms with Gasteiger partial charge in [0.1, 0.15) is 13.1 Å². The van der Waals surface area contributed by atoms with Gasteiger partial charge in [-0.15, -0.1) is 0 Å². The van der Waals surface area contributed by atoms with E-state index < -0.39 is 31.1 Å². The fraction of sp³-hybridized carbons (Fsp3) is 0.750. The van der Waals surface area contributed by atoms with E-state index in [1.54, 1.807) is 0 Å². The van der Waals surface area contributed by atoms with E-state index in [-0.39, 0.29) is 12.0 Å². The molecule has 20 heavy (non-hydrogen) atoms. The van der Waals surface area contributed by atoms with Gasteiger partial charge in [0.25, 0.3) is 0 Å². The zero-order valence-electron chi connectivity index (χ0n) is 12.3. The average Bonchev–Trinajstić information content (AvgIpc) is 2.24. The van der Waals surface area contributed by atoms with Crippen LogP contribution in [0.3, 0.4) is 0 Å². The van der Waals surface area contributed by atoms with Crippen molar-refractivity contribution in [2.45, 2.75) is 19.9 Å². The van der Waals surface area contributed by atoms with E-state index in [2.05, 4.69) is 5.32 Å². The fourth-order valence-corrected chi connectivity index (χ4v) is 1.59. The summed E-state index contributed by atoms with van der Waals surface area (Å²) in [6.45, 7) is 3.13. The Morgan fingerprint density at radius 1 is 1.05 bits per heavy atom. The summed E-state index contributed by atoms with van der Waals surface area (Å²) in [4.78, 5) is 36.0. The predicted octanol–water partition coefficient (Wildman–Crippen LogP) is -0.247. The van der Waals surface area contributed by atoms with Crippen LogP contribution in [-0.2, 0) is 9.59 Å².